The molecule has 6 heteroatoms. The summed E-state index contributed by atoms with van der Waals surface area (Å²) in [5, 5.41) is 19.4. The number of rotatable bonds is 14. The molecule has 0 amide bonds. The lowest BCUT2D eigenvalue weighted by Gasteiger charge is -2.28. The molecular weight excluding hydrogens is 344 g/mol. The van der Waals surface area contributed by atoms with Crippen LogP contribution in [0.2, 0.25) is 0 Å². The summed E-state index contributed by atoms with van der Waals surface area (Å²) in [7, 11) is 0. The van der Waals surface area contributed by atoms with Gasteiger partial charge in [-0.1, -0.05) is 6.92 Å². The lowest BCUT2D eigenvalue weighted by Crippen LogP contribution is -2.30. The minimum atomic E-state index is -0.632. The Balaban J connectivity index is 1.93. The molecule has 0 aromatic rings. The summed E-state index contributed by atoms with van der Waals surface area (Å²) in [6, 6.07) is 0. The van der Waals surface area contributed by atoms with Crippen molar-refractivity contribution < 1.29 is 19.7 Å². The van der Waals surface area contributed by atoms with Crippen LogP contribution in [-0.4, -0.2) is 72.4 Å². The van der Waals surface area contributed by atoms with Gasteiger partial charge in [-0.15, -0.1) is 0 Å². The van der Waals surface area contributed by atoms with Crippen LogP contribution in [0.15, 0.2) is 0 Å². The summed E-state index contributed by atoms with van der Waals surface area (Å²) in [6.45, 7) is 5.57. The molecule has 4 nitrogen and oxygen atoms in total. The van der Waals surface area contributed by atoms with Crippen molar-refractivity contribution in [2.45, 2.75) is 51.2 Å². The van der Waals surface area contributed by atoms with Crippen LogP contribution in [0.4, 0.5) is 0 Å². The van der Waals surface area contributed by atoms with Crippen LogP contribution in [0.25, 0.3) is 0 Å². The SMILES string of the molecule is CCCOCC1CCC(COCCSCC(O)C(O)CSC)CC1. The molecule has 0 saturated heterocycles. The van der Waals surface area contributed by atoms with Gasteiger partial charge in [-0.25, -0.2) is 0 Å². The van der Waals surface area contributed by atoms with E-state index in [2.05, 4.69) is 6.92 Å². The maximum Gasteiger partial charge on any atom is 0.0897 e. The Labute approximate surface area is 156 Å². The third kappa shape index (κ3) is 10.5. The van der Waals surface area contributed by atoms with E-state index in [0.717, 1.165) is 44.5 Å². The van der Waals surface area contributed by atoms with E-state index in [1.807, 2.05) is 6.26 Å². The zero-order valence-corrected chi connectivity index (χ0v) is 17.0. The average molecular weight is 381 g/mol. The number of hydrogen-bond acceptors (Lipinski definition) is 6. The number of thioether (sulfide) groups is 2. The van der Waals surface area contributed by atoms with Crippen molar-refractivity contribution >= 4 is 23.5 Å². The number of aliphatic hydroxyl groups excluding tert-OH is 2. The van der Waals surface area contributed by atoms with E-state index in [0.29, 0.717) is 17.4 Å². The van der Waals surface area contributed by atoms with E-state index in [9.17, 15) is 10.2 Å². The molecule has 0 spiro atoms. The summed E-state index contributed by atoms with van der Waals surface area (Å²) in [4.78, 5) is 0. The summed E-state index contributed by atoms with van der Waals surface area (Å²) in [6.07, 6.45) is 6.84. The minimum absolute atomic E-state index is 0.577. The fourth-order valence-electron chi connectivity index (χ4n) is 2.92. The molecule has 144 valence electrons. The largest absolute Gasteiger partial charge is 0.390 e. The van der Waals surface area contributed by atoms with Gasteiger partial charge in [0.25, 0.3) is 0 Å². The second-order valence-corrected chi connectivity index (χ2v) is 8.76. The maximum atomic E-state index is 9.78. The number of hydrogen-bond donors (Lipinski definition) is 2. The van der Waals surface area contributed by atoms with E-state index in [-0.39, 0.29) is 0 Å². The molecule has 1 saturated carbocycles. The highest BCUT2D eigenvalue weighted by atomic mass is 32.2. The second-order valence-electron chi connectivity index (χ2n) is 6.70. The summed E-state index contributed by atoms with van der Waals surface area (Å²) in [5.41, 5.74) is 0. The van der Waals surface area contributed by atoms with Crippen molar-refractivity contribution in [1.82, 2.24) is 0 Å². The van der Waals surface area contributed by atoms with Crippen LogP contribution in [0, 0.1) is 11.8 Å². The maximum absolute atomic E-state index is 9.78. The van der Waals surface area contributed by atoms with Crippen LogP contribution in [0.5, 0.6) is 0 Å². The quantitative estimate of drug-likeness (QED) is 0.452. The monoisotopic (exact) mass is 380 g/mol. The molecule has 2 unspecified atom stereocenters. The van der Waals surface area contributed by atoms with Crippen molar-refractivity contribution in [3.8, 4) is 0 Å². The van der Waals surface area contributed by atoms with Gasteiger partial charge in [0.2, 0.25) is 0 Å². The third-order valence-electron chi connectivity index (χ3n) is 4.46. The minimum Gasteiger partial charge on any atom is -0.390 e. The summed E-state index contributed by atoms with van der Waals surface area (Å²) >= 11 is 3.21. The third-order valence-corrected chi connectivity index (χ3v) is 6.17. The molecule has 0 bridgehead atoms. The first-order valence-electron chi connectivity index (χ1n) is 9.25. The zero-order chi connectivity index (χ0) is 17.6. The van der Waals surface area contributed by atoms with Crippen molar-refractivity contribution in [3.63, 3.8) is 0 Å². The predicted molar refractivity (Wildman–Crippen MR) is 105 cm³/mol. The fourth-order valence-corrected chi connectivity index (χ4v) is 4.35. The molecule has 2 atom stereocenters. The first-order chi connectivity index (χ1) is 11.7. The highest BCUT2D eigenvalue weighted by Crippen LogP contribution is 2.29. The van der Waals surface area contributed by atoms with Gasteiger partial charge < -0.3 is 19.7 Å². The predicted octanol–water partition coefficient (Wildman–Crippen LogP) is 3.05. The van der Waals surface area contributed by atoms with E-state index < -0.39 is 12.2 Å². The van der Waals surface area contributed by atoms with Crippen molar-refractivity contribution in [1.29, 1.82) is 0 Å². The zero-order valence-electron chi connectivity index (χ0n) is 15.3. The van der Waals surface area contributed by atoms with Gasteiger partial charge in [0, 0.05) is 37.1 Å². The van der Waals surface area contributed by atoms with Crippen molar-refractivity contribution in [3.05, 3.63) is 0 Å². The Kier molecular flexibility index (Phi) is 13.8. The molecular formula is C18H36O4S2. The lowest BCUT2D eigenvalue weighted by atomic mass is 9.83. The molecule has 1 rings (SSSR count). The van der Waals surface area contributed by atoms with Gasteiger partial charge in [0.1, 0.15) is 0 Å². The van der Waals surface area contributed by atoms with Crippen LogP contribution < -0.4 is 0 Å². The van der Waals surface area contributed by atoms with Gasteiger partial charge in [0.05, 0.1) is 18.8 Å². The number of ether oxygens (including phenoxy) is 2. The molecule has 0 aromatic heterocycles. The highest BCUT2D eigenvalue weighted by molar-refractivity contribution is 7.99. The smallest absolute Gasteiger partial charge is 0.0897 e. The Bertz CT molecular complexity index is 286. The first-order valence-corrected chi connectivity index (χ1v) is 11.8. The Hall–Kier alpha value is 0.540. The Morgan fingerprint density at radius 2 is 1.46 bits per heavy atom. The fraction of sp³-hybridized carbons (Fsp3) is 1.00. The molecule has 1 aliphatic carbocycles. The molecule has 0 aromatic carbocycles. The topological polar surface area (TPSA) is 58.9 Å². The lowest BCUT2D eigenvalue weighted by molar-refractivity contribution is 0.0494. The van der Waals surface area contributed by atoms with Crippen LogP contribution in [-0.2, 0) is 9.47 Å². The normalized spacial score (nSPS) is 24.0. The van der Waals surface area contributed by atoms with Crippen LogP contribution in [0.3, 0.4) is 0 Å². The van der Waals surface area contributed by atoms with E-state index in [1.54, 1.807) is 23.5 Å². The van der Waals surface area contributed by atoms with E-state index in [1.165, 1.54) is 25.7 Å². The van der Waals surface area contributed by atoms with Gasteiger partial charge in [-0.2, -0.15) is 23.5 Å². The van der Waals surface area contributed by atoms with Gasteiger partial charge >= 0.3 is 0 Å². The first kappa shape index (κ1) is 22.6. The van der Waals surface area contributed by atoms with Crippen molar-refractivity contribution in [2.24, 2.45) is 11.8 Å². The molecule has 1 aliphatic rings. The molecule has 1 fully saturated rings. The molecule has 2 N–H and O–H groups in total. The van der Waals surface area contributed by atoms with E-state index in [4.69, 9.17) is 9.47 Å². The van der Waals surface area contributed by atoms with Crippen molar-refractivity contribution in [2.75, 3.05) is 49.9 Å². The van der Waals surface area contributed by atoms with E-state index >= 15 is 0 Å². The summed E-state index contributed by atoms with van der Waals surface area (Å²) in [5.74, 6) is 3.49. The summed E-state index contributed by atoms with van der Waals surface area (Å²) < 4.78 is 11.5. The molecule has 0 heterocycles. The highest BCUT2D eigenvalue weighted by Gasteiger charge is 2.21. The molecule has 0 aliphatic heterocycles. The number of aliphatic hydroxyl groups is 2. The van der Waals surface area contributed by atoms with Crippen LogP contribution in [0.1, 0.15) is 39.0 Å². The Morgan fingerprint density at radius 3 is 2.00 bits per heavy atom. The van der Waals surface area contributed by atoms with Gasteiger partial charge in [0.15, 0.2) is 0 Å². The van der Waals surface area contributed by atoms with Gasteiger partial charge in [-0.05, 0) is 50.2 Å². The standard InChI is InChI=1S/C18H36O4S2/c1-3-8-21-11-15-4-6-16(7-5-15)12-22-9-10-24-14-18(20)17(19)13-23-2/h15-20H,3-14H2,1-2H3. The molecule has 0 radical (unpaired) electrons. The van der Waals surface area contributed by atoms with Gasteiger partial charge in [-0.3, -0.25) is 0 Å². The van der Waals surface area contributed by atoms with Crippen LogP contribution >= 0.6 is 23.5 Å². The Morgan fingerprint density at radius 1 is 0.917 bits per heavy atom. The second kappa shape index (κ2) is 14.7. The average Bonchev–Trinajstić information content (AvgIpc) is 2.59. The molecule has 24 heavy (non-hydrogen) atoms.